The first-order valence-corrected chi connectivity index (χ1v) is 6.03. The van der Waals surface area contributed by atoms with Crippen molar-refractivity contribution in [3.8, 4) is 0 Å². The predicted octanol–water partition coefficient (Wildman–Crippen LogP) is 3.78. The summed E-state index contributed by atoms with van der Waals surface area (Å²) in [5.74, 6) is 1.17. The molecule has 0 saturated carbocycles. The Morgan fingerprint density at radius 3 is 2.50 bits per heavy atom. The van der Waals surface area contributed by atoms with Gasteiger partial charge in [-0.1, -0.05) is 31.9 Å². The van der Waals surface area contributed by atoms with Crippen molar-refractivity contribution in [3.63, 3.8) is 0 Å². The van der Waals surface area contributed by atoms with Gasteiger partial charge in [-0.2, -0.15) is 0 Å². The molecule has 1 aromatic rings. The number of hydrogen-bond donors (Lipinski definition) is 0. The van der Waals surface area contributed by atoms with E-state index >= 15 is 0 Å². The average Bonchev–Trinajstić information content (AvgIpc) is 2.25. The molecule has 76 valence electrons. The predicted molar refractivity (Wildman–Crippen MR) is 62.1 cm³/mol. The smallest absolute Gasteiger partial charge is 0.150 e. The Bertz CT molecular complexity index is 266. The third kappa shape index (κ3) is 3.97. The van der Waals surface area contributed by atoms with E-state index in [9.17, 15) is 4.79 Å². The summed E-state index contributed by atoms with van der Waals surface area (Å²) in [7, 11) is 0. The summed E-state index contributed by atoms with van der Waals surface area (Å²) in [5.41, 5.74) is 0.753. The maximum atomic E-state index is 10.4. The Morgan fingerprint density at radius 1 is 1.21 bits per heavy atom. The van der Waals surface area contributed by atoms with Gasteiger partial charge in [-0.15, -0.1) is 11.8 Å². The molecule has 2 heteroatoms. The van der Waals surface area contributed by atoms with Gasteiger partial charge in [-0.25, -0.2) is 0 Å². The summed E-state index contributed by atoms with van der Waals surface area (Å²) in [6, 6.07) is 7.77. The standard InChI is InChI=1S/C12H16OS/c1-2-3-4-9-14-12-7-5-11(10-13)6-8-12/h5-8,10H,2-4,9H2,1H3. The number of rotatable bonds is 6. The lowest BCUT2D eigenvalue weighted by Gasteiger charge is -2.00. The number of carbonyl (C=O) groups excluding carboxylic acids is 1. The minimum absolute atomic E-state index is 0.753. The lowest BCUT2D eigenvalue weighted by atomic mass is 10.2. The van der Waals surface area contributed by atoms with Crippen molar-refractivity contribution < 1.29 is 4.79 Å². The molecule has 0 atom stereocenters. The summed E-state index contributed by atoms with van der Waals surface area (Å²) < 4.78 is 0. The number of benzene rings is 1. The Labute approximate surface area is 89.9 Å². The molecular weight excluding hydrogens is 192 g/mol. The van der Waals surface area contributed by atoms with Crippen molar-refractivity contribution in [2.24, 2.45) is 0 Å². The molecule has 0 spiro atoms. The highest BCUT2D eigenvalue weighted by Crippen LogP contribution is 2.19. The summed E-state index contributed by atoms with van der Waals surface area (Å²) in [4.78, 5) is 11.7. The van der Waals surface area contributed by atoms with Crippen molar-refractivity contribution in [3.05, 3.63) is 29.8 Å². The van der Waals surface area contributed by atoms with E-state index in [4.69, 9.17) is 0 Å². The van der Waals surface area contributed by atoms with E-state index in [0.717, 1.165) is 11.8 Å². The van der Waals surface area contributed by atoms with Crippen LogP contribution in [0.15, 0.2) is 29.2 Å². The van der Waals surface area contributed by atoms with Crippen LogP contribution >= 0.6 is 11.8 Å². The van der Waals surface area contributed by atoms with Crippen LogP contribution in [0.4, 0.5) is 0 Å². The van der Waals surface area contributed by atoms with Gasteiger partial charge in [0.15, 0.2) is 0 Å². The molecule has 0 heterocycles. The highest BCUT2D eigenvalue weighted by atomic mass is 32.2. The minimum atomic E-state index is 0.753. The van der Waals surface area contributed by atoms with Gasteiger partial charge in [0, 0.05) is 10.5 Å². The van der Waals surface area contributed by atoms with Crippen LogP contribution in [0.3, 0.4) is 0 Å². The van der Waals surface area contributed by atoms with E-state index in [2.05, 4.69) is 6.92 Å². The molecule has 1 nitrogen and oxygen atoms in total. The van der Waals surface area contributed by atoms with E-state index in [0.29, 0.717) is 0 Å². The SMILES string of the molecule is CCCCCSc1ccc(C=O)cc1. The van der Waals surface area contributed by atoms with Crippen molar-refractivity contribution in [1.82, 2.24) is 0 Å². The number of unbranched alkanes of at least 4 members (excludes halogenated alkanes) is 2. The van der Waals surface area contributed by atoms with E-state index in [1.165, 1.54) is 29.9 Å². The zero-order valence-electron chi connectivity index (χ0n) is 8.53. The first kappa shape index (κ1) is 11.3. The van der Waals surface area contributed by atoms with Crippen LogP contribution in [0.1, 0.15) is 36.5 Å². The van der Waals surface area contributed by atoms with Gasteiger partial charge in [-0.3, -0.25) is 4.79 Å². The Morgan fingerprint density at radius 2 is 1.93 bits per heavy atom. The van der Waals surface area contributed by atoms with Gasteiger partial charge in [0.25, 0.3) is 0 Å². The summed E-state index contributed by atoms with van der Waals surface area (Å²) >= 11 is 1.86. The fourth-order valence-electron chi connectivity index (χ4n) is 1.18. The van der Waals surface area contributed by atoms with Gasteiger partial charge in [0.1, 0.15) is 6.29 Å². The minimum Gasteiger partial charge on any atom is -0.298 e. The van der Waals surface area contributed by atoms with Crippen LogP contribution in [-0.4, -0.2) is 12.0 Å². The van der Waals surface area contributed by atoms with E-state index < -0.39 is 0 Å². The second kappa shape index (κ2) is 6.66. The van der Waals surface area contributed by atoms with Gasteiger partial charge in [0.2, 0.25) is 0 Å². The molecule has 0 saturated heterocycles. The first-order valence-electron chi connectivity index (χ1n) is 5.05. The molecule has 0 aliphatic rings. The Balaban J connectivity index is 2.32. The zero-order valence-corrected chi connectivity index (χ0v) is 9.35. The fourth-order valence-corrected chi connectivity index (χ4v) is 2.10. The molecule has 1 rings (SSSR count). The molecule has 0 fully saturated rings. The lowest BCUT2D eigenvalue weighted by Crippen LogP contribution is -1.81. The number of thioether (sulfide) groups is 1. The maximum Gasteiger partial charge on any atom is 0.150 e. The van der Waals surface area contributed by atoms with Gasteiger partial charge >= 0.3 is 0 Å². The van der Waals surface area contributed by atoms with Crippen molar-refractivity contribution >= 4 is 18.0 Å². The molecule has 14 heavy (non-hydrogen) atoms. The second-order valence-electron chi connectivity index (χ2n) is 3.24. The number of aldehydes is 1. The highest BCUT2D eigenvalue weighted by molar-refractivity contribution is 7.99. The fraction of sp³-hybridized carbons (Fsp3) is 0.417. The third-order valence-electron chi connectivity index (χ3n) is 2.03. The molecule has 0 aromatic heterocycles. The lowest BCUT2D eigenvalue weighted by molar-refractivity contribution is 0.112. The molecule has 0 bridgehead atoms. The van der Waals surface area contributed by atoms with E-state index in [1.54, 1.807) is 0 Å². The molecule has 0 radical (unpaired) electrons. The van der Waals surface area contributed by atoms with Gasteiger partial charge in [-0.05, 0) is 24.3 Å². The molecule has 0 N–H and O–H groups in total. The summed E-state index contributed by atoms with van der Waals surface area (Å²) in [6.45, 7) is 2.21. The Kier molecular flexibility index (Phi) is 5.38. The van der Waals surface area contributed by atoms with E-state index in [-0.39, 0.29) is 0 Å². The van der Waals surface area contributed by atoms with Crippen LogP contribution in [0.5, 0.6) is 0 Å². The summed E-state index contributed by atoms with van der Waals surface area (Å²) in [6.07, 6.45) is 4.73. The van der Waals surface area contributed by atoms with Crippen LogP contribution in [-0.2, 0) is 0 Å². The van der Waals surface area contributed by atoms with Gasteiger partial charge in [0.05, 0.1) is 0 Å². The molecular formula is C12H16OS. The van der Waals surface area contributed by atoms with Crippen LogP contribution in [0, 0.1) is 0 Å². The monoisotopic (exact) mass is 208 g/mol. The van der Waals surface area contributed by atoms with Crippen LogP contribution in [0.25, 0.3) is 0 Å². The molecule has 0 unspecified atom stereocenters. The molecule has 0 aliphatic heterocycles. The maximum absolute atomic E-state index is 10.4. The van der Waals surface area contributed by atoms with Crippen LogP contribution in [0.2, 0.25) is 0 Å². The van der Waals surface area contributed by atoms with E-state index in [1.807, 2.05) is 36.0 Å². The highest BCUT2D eigenvalue weighted by Gasteiger charge is 1.94. The summed E-state index contributed by atoms with van der Waals surface area (Å²) in [5, 5.41) is 0. The molecule has 1 aromatic carbocycles. The second-order valence-corrected chi connectivity index (χ2v) is 4.41. The largest absolute Gasteiger partial charge is 0.298 e. The third-order valence-corrected chi connectivity index (χ3v) is 3.13. The first-order chi connectivity index (χ1) is 6.86. The van der Waals surface area contributed by atoms with Crippen LogP contribution < -0.4 is 0 Å². The average molecular weight is 208 g/mol. The molecule has 0 aliphatic carbocycles. The quantitative estimate of drug-likeness (QED) is 0.402. The van der Waals surface area contributed by atoms with Gasteiger partial charge < -0.3 is 0 Å². The normalized spacial score (nSPS) is 10.1. The molecule has 0 amide bonds. The topological polar surface area (TPSA) is 17.1 Å². The number of carbonyl (C=O) groups is 1. The number of hydrogen-bond acceptors (Lipinski definition) is 2. The van der Waals surface area contributed by atoms with Crippen molar-refractivity contribution in [2.45, 2.75) is 31.1 Å². The zero-order chi connectivity index (χ0) is 10.2. The van der Waals surface area contributed by atoms with Crippen molar-refractivity contribution in [1.29, 1.82) is 0 Å². The van der Waals surface area contributed by atoms with Crippen molar-refractivity contribution in [2.75, 3.05) is 5.75 Å². The Hall–Kier alpha value is -0.760.